The lowest BCUT2D eigenvalue weighted by Crippen LogP contribution is -2.28. The zero-order valence-corrected chi connectivity index (χ0v) is 11.6. The third-order valence-corrected chi connectivity index (χ3v) is 6.20. The van der Waals surface area contributed by atoms with Crippen LogP contribution in [-0.4, -0.2) is 6.04 Å². The average molecular weight is 280 g/mol. The molecule has 2 bridgehead atoms. The maximum atomic E-state index is 13.4. The lowest BCUT2D eigenvalue weighted by atomic mass is 9.94. The molecule has 19 heavy (non-hydrogen) atoms. The molecule has 0 aromatic heterocycles. The predicted molar refractivity (Wildman–Crippen MR) is 74.4 cm³/mol. The van der Waals surface area contributed by atoms with Crippen molar-refractivity contribution in [3.05, 3.63) is 34.6 Å². The minimum atomic E-state index is -0.331. The van der Waals surface area contributed by atoms with Crippen LogP contribution in [0.4, 0.5) is 4.39 Å². The third kappa shape index (κ3) is 1.76. The van der Waals surface area contributed by atoms with Crippen molar-refractivity contribution in [2.24, 2.45) is 35.3 Å². The third-order valence-electron chi connectivity index (χ3n) is 5.78. The van der Waals surface area contributed by atoms with Gasteiger partial charge in [0, 0.05) is 6.04 Å². The van der Waals surface area contributed by atoms with Crippen molar-refractivity contribution in [1.29, 1.82) is 0 Å². The molecular weight excluding hydrogens is 261 g/mol. The van der Waals surface area contributed by atoms with Gasteiger partial charge < -0.3 is 5.73 Å². The first-order chi connectivity index (χ1) is 9.16. The molecular formula is C16H19ClFN. The summed E-state index contributed by atoms with van der Waals surface area (Å²) in [6, 6.07) is 5.18. The van der Waals surface area contributed by atoms with Crippen molar-refractivity contribution in [3.63, 3.8) is 0 Å². The second-order valence-corrected chi connectivity index (χ2v) is 7.02. The summed E-state index contributed by atoms with van der Waals surface area (Å²) in [5.41, 5.74) is 7.26. The first-order valence-electron chi connectivity index (χ1n) is 7.35. The molecule has 0 heterocycles. The van der Waals surface area contributed by atoms with E-state index in [9.17, 15) is 4.39 Å². The van der Waals surface area contributed by atoms with Gasteiger partial charge in [-0.2, -0.15) is 0 Å². The number of nitrogens with two attached hydrogens (primary N) is 1. The molecule has 1 aromatic carbocycles. The Morgan fingerprint density at radius 2 is 1.95 bits per heavy atom. The molecule has 3 heteroatoms. The highest BCUT2D eigenvalue weighted by Gasteiger charge is 2.65. The summed E-state index contributed by atoms with van der Waals surface area (Å²) in [6.45, 7) is 0. The fraction of sp³-hybridized carbons (Fsp3) is 0.625. The van der Waals surface area contributed by atoms with E-state index in [1.54, 1.807) is 6.07 Å². The van der Waals surface area contributed by atoms with Crippen LogP contribution >= 0.6 is 11.6 Å². The van der Waals surface area contributed by atoms with Crippen molar-refractivity contribution in [2.75, 3.05) is 0 Å². The lowest BCUT2D eigenvalue weighted by molar-refractivity contribution is 0.409. The highest BCUT2D eigenvalue weighted by molar-refractivity contribution is 6.31. The molecule has 5 unspecified atom stereocenters. The van der Waals surface area contributed by atoms with Gasteiger partial charge >= 0.3 is 0 Å². The van der Waals surface area contributed by atoms with Gasteiger partial charge in [0.2, 0.25) is 0 Å². The van der Waals surface area contributed by atoms with Crippen LogP contribution in [0.15, 0.2) is 18.2 Å². The van der Waals surface area contributed by atoms with Crippen LogP contribution < -0.4 is 5.73 Å². The number of fused-ring (bicyclic) bond motifs is 5. The van der Waals surface area contributed by atoms with E-state index in [1.165, 1.54) is 25.3 Å². The molecule has 102 valence electrons. The zero-order valence-electron chi connectivity index (χ0n) is 10.9. The molecule has 0 amide bonds. The van der Waals surface area contributed by atoms with Crippen LogP contribution in [0.3, 0.4) is 0 Å². The largest absolute Gasteiger partial charge is 0.327 e. The summed E-state index contributed by atoms with van der Waals surface area (Å²) in [5, 5.41) is 0.256. The number of benzene rings is 1. The molecule has 0 aliphatic heterocycles. The van der Waals surface area contributed by atoms with E-state index in [4.69, 9.17) is 17.3 Å². The highest BCUT2D eigenvalue weighted by atomic mass is 35.5. The van der Waals surface area contributed by atoms with E-state index < -0.39 is 0 Å². The van der Waals surface area contributed by atoms with Gasteiger partial charge in [-0.05, 0) is 66.9 Å². The van der Waals surface area contributed by atoms with Crippen LogP contribution in [0.2, 0.25) is 5.02 Å². The Kier molecular flexibility index (Phi) is 2.69. The molecule has 4 rings (SSSR count). The summed E-state index contributed by atoms with van der Waals surface area (Å²) in [4.78, 5) is 0. The maximum absolute atomic E-state index is 13.4. The van der Waals surface area contributed by atoms with E-state index in [0.29, 0.717) is 12.3 Å². The molecule has 3 aliphatic carbocycles. The average Bonchev–Trinajstić information content (AvgIpc) is 2.84. The van der Waals surface area contributed by atoms with Gasteiger partial charge in [0.05, 0.1) is 5.02 Å². The van der Waals surface area contributed by atoms with E-state index in [-0.39, 0.29) is 16.9 Å². The minimum absolute atomic E-state index is 0.151. The smallest absolute Gasteiger partial charge is 0.142 e. The summed E-state index contributed by atoms with van der Waals surface area (Å²) in [5.74, 6) is 3.97. The number of halogens is 2. The van der Waals surface area contributed by atoms with Crippen LogP contribution in [0.5, 0.6) is 0 Å². The topological polar surface area (TPSA) is 26.0 Å². The van der Waals surface area contributed by atoms with E-state index >= 15 is 0 Å². The van der Waals surface area contributed by atoms with Gasteiger partial charge in [-0.25, -0.2) is 4.39 Å². The normalized spacial score (nSPS) is 40.3. The van der Waals surface area contributed by atoms with E-state index in [0.717, 1.165) is 29.2 Å². The highest BCUT2D eigenvalue weighted by Crippen LogP contribution is 2.70. The molecule has 1 nitrogen and oxygen atoms in total. The Morgan fingerprint density at radius 1 is 1.26 bits per heavy atom. The first-order valence-corrected chi connectivity index (χ1v) is 7.73. The zero-order chi connectivity index (χ0) is 13.1. The van der Waals surface area contributed by atoms with Crippen LogP contribution in [0.1, 0.15) is 24.8 Å². The fourth-order valence-corrected chi connectivity index (χ4v) is 5.26. The number of hydrogen-bond donors (Lipinski definition) is 1. The van der Waals surface area contributed by atoms with Gasteiger partial charge in [0.1, 0.15) is 5.82 Å². The maximum Gasteiger partial charge on any atom is 0.142 e. The first kappa shape index (κ1) is 12.2. The van der Waals surface area contributed by atoms with Gasteiger partial charge in [-0.1, -0.05) is 23.7 Å². The lowest BCUT2D eigenvalue weighted by Gasteiger charge is -2.17. The van der Waals surface area contributed by atoms with Crippen molar-refractivity contribution in [2.45, 2.75) is 31.7 Å². The van der Waals surface area contributed by atoms with Gasteiger partial charge in [0.25, 0.3) is 0 Å². The second kappa shape index (κ2) is 4.20. The fourth-order valence-electron chi connectivity index (χ4n) is 5.06. The molecule has 1 aromatic rings. The second-order valence-electron chi connectivity index (χ2n) is 6.65. The molecule has 3 fully saturated rings. The Morgan fingerprint density at radius 3 is 2.63 bits per heavy atom. The molecule has 0 saturated heterocycles. The minimum Gasteiger partial charge on any atom is -0.327 e. The Bertz CT molecular complexity index is 501. The molecule has 3 saturated carbocycles. The Labute approximate surface area is 118 Å². The van der Waals surface area contributed by atoms with Gasteiger partial charge in [-0.15, -0.1) is 0 Å². The quantitative estimate of drug-likeness (QED) is 0.898. The monoisotopic (exact) mass is 279 g/mol. The van der Waals surface area contributed by atoms with Crippen molar-refractivity contribution in [3.8, 4) is 0 Å². The summed E-state index contributed by atoms with van der Waals surface area (Å²) in [7, 11) is 0. The molecule has 0 radical (unpaired) electrons. The van der Waals surface area contributed by atoms with Crippen molar-refractivity contribution < 1.29 is 4.39 Å². The number of rotatable bonds is 3. The van der Waals surface area contributed by atoms with E-state index in [1.807, 2.05) is 6.07 Å². The summed E-state index contributed by atoms with van der Waals surface area (Å²) < 4.78 is 13.4. The summed E-state index contributed by atoms with van der Waals surface area (Å²) in [6.07, 6.45) is 4.98. The van der Waals surface area contributed by atoms with Crippen LogP contribution in [0, 0.1) is 35.4 Å². The summed E-state index contributed by atoms with van der Waals surface area (Å²) >= 11 is 6.02. The molecule has 0 spiro atoms. The van der Waals surface area contributed by atoms with Gasteiger partial charge in [-0.3, -0.25) is 0 Å². The van der Waals surface area contributed by atoms with Crippen molar-refractivity contribution in [1.82, 2.24) is 0 Å². The van der Waals surface area contributed by atoms with E-state index in [2.05, 4.69) is 0 Å². The Balaban J connectivity index is 1.48. The SMILES string of the molecule is NC(Cc1cccc(F)c1Cl)C1C2C3CCC(C3)C12. The molecule has 2 N–H and O–H groups in total. The standard InChI is InChI=1S/C16H19ClFN/c17-16-10(2-1-3-11(16)18)7-12(19)15-13-8-4-5-9(6-8)14(13)15/h1-3,8-9,12-15H,4-7,19H2. The van der Waals surface area contributed by atoms with Crippen molar-refractivity contribution >= 4 is 11.6 Å². The Hall–Kier alpha value is -0.600. The predicted octanol–water partition coefficient (Wildman–Crippen LogP) is 3.64. The van der Waals surface area contributed by atoms with Crippen LogP contribution in [-0.2, 0) is 6.42 Å². The molecule has 3 aliphatic rings. The molecule has 5 atom stereocenters. The number of hydrogen-bond acceptors (Lipinski definition) is 1. The van der Waals surface area contributed by atoms with Crippen LogP contribution in [0.25, 0.3) is 0 Å². The van der Waals surface area contributed by atoms with Gasteiger partial charge in [0.15, 0.2) is 0 Å².